The minimum Gasteiger partial charge on any atom is -0.495 e. The zero-order valence-electron chi connectivity index (χ0n) is 17.9. The van der Waals surface area contributed by atoms with Crippen molar-refractivity contribution >= 4 is 33.0 Å². The molecule has 0 fully saturated rings. The summed E-state index contributed by atoms with van der Waals surface area (Å²) in [7, 11) is -2.39. The van der Waals surface area contributed by atoms with Crippen LogP contribution in [0.2, 0.25) is 0 Å². The second kappa shape index (κ2) is 9.59. The summed E-state index contributed by atoms with van der Waals surface area (Å²) in [4.78, 5) is 17.3. The van der Waals surface area contributed by atoms with E-state index in [2.05, 4.69) is 10.3 Å². The lowest BCUT2D eigenvalue weighted by atomic mass is 10.1. The second-order valence-corrected chi connectivity index (χ2v) is 9.71. The van der Waals surface area contributed by atoms with E-state index < -0.39 is 15.9 Å². The van der Waals surface area contributed by atoms with E-state index in [1.165, 1.54) is 23.5 Å². The average molecular weight is 460 g/mol. The van der Waals surface area contributed by atoms with Crippen LogP contribution in [0.1, 0.15) is 29.2 Å². The van der Waals surface area contributed by atoms with Crippen LogP contribution in [0.3, 0.4) is 0 Å². The Kier molecular flexibility index (Phi) is 7.09. The SMILES string of the molecule is CCN(CC)S(=O)(=O)c1cc(C(=O)Nc2cccc(-c3csc(C)n3)c2)ccc1OC. The van der Waals surface area contributed by atoms with Gasteiger partial charge >= 0.3 is 0 Å². The number of hydrogen-bond donors (Lipinski definition) is 1. The molecule has 3 rings (SSSR count). The Morgan fingerprint density at radius 1 is 1.16 bits per heavy atom. The number of nitrogens with zero attached hydrogens (tertiary/aromatic N) is 2. The summed E-state index contributed by atoms with van der Waals surface area (Å²) < 4.78 is 32.6. The molecule has 7 nitrogen and oxygen atoms in total. The molecule has 1 amide bonds. The number of hydrogen-bond acceptors (Lipinski definition) is 6. The maximum absolute atomic E-state index is 13.0. The molecular weight excluding hydrogens is 434 g/mol. The molecular formula is C22H25N3O4S2. The van der Waals surface area contributed by atoms with Crippen LogP contribution in [-0.4, -0.2) is 43.8 Å². The number of nitrogens with one attached hydrogen (secondary N) is 1. The van der Waals surface area contributed by atoms with Crippen molar-refractivity contribution in [2.45, 2.75) is 25.7 Å². The highest BCUT2D eigenvalue weighted by molar-refractivity contribution is 7.89. The predicted molar refractivity (Wildman–Crippen MR) is 123 cm³/mol. The molecule has 2 aromatic carbocycles. The number of aromatic nitrogens is 1. The van der Waals surface area contributed by atoms with Gasteiger partial charge in [-0.15, -0.1) is 11.3 Å². The summed E-state index contributed by atoms with van der Waals surface area (Å²) in [5.41, 5.74) is 2.55. The Labute approximate surface area is 186 Å². The van der Waals surface area contributed by atoms with Crippen molar-refractivity contribution in [2.24, 2.45) is 0 Å². The van der Waals surface area contributed by atoms with Crippen molar-refractivity contribution in [1.29, 1.82) is 0 Å². The number of amides is 1. The number of anilines is 1. The Morgan fingerprint density at radius 3 is 2.52 bits per heavy atom. The van der Waals surface area contributed by atoms with Crippen molar-refractivity contribution in [3.05, 3.63) is 58.4 Å². The lowest BCUT2D eigenvalue weighted by molar-refractivity contribution is 0.102. The predicted octanol–water partition coefficient (Wildman–Crippen LogP) is 4.41. The van der Waals surface area contributed by atoms with Crippen LogP contribution in [-0.2, 0) is 10.0 Å². The molecule has 1 aromatic heterocycles. The van der Waals surface area contributed by atoms with E-state index in [-0.39, 0.29) is 16.2 Å². The van der Waals surface area contributed by atoms with E-state index >= 15 is 0 Å². The summed E-state index contributed by atoms with van der Waals surface area (Å²) >= 11 is 1.56. The van der Waals surface area contributed by atoms with Gasteiger partial charge in [0.25, 0.3) is 5.91 Å². The minimum absolute atomic E-state index is 0.0296. The molecule has 3 aromatic rings. The number of methoxy groups -OCH3 is 1. The van der Waals surface area contributed by atoms with Crippen LogP contribution in [0.15, 0.2) is 52.7 Å². The van der Waals surface area contributed by atoms with Crippen molar-refractivity contribution in [3.8, 4) is 17.0 Å². The molecule has 1 heterocycles. The number of carbonyl (C=O) groups is 1. The lowest BCUT2D eigenvalue weighted by Gasteiger charge is -2.20. The van der Waals surface area contributed by atoms with E-state index in [1.807, 2.05) is 30.5 Å². The summed E-state index contributed by atoms with van der Waals surface area (Å²) in [6.07, 6.45) is 0. The Morgan fingerprint density at radius 2 is 1.90 bits per heavy atom. The number of rotatable bonds is 8. The zero-order chi connectivity index (χ0) is 22.6. The number of benzene rings is 2. The van der Waals surface area contributed by atoms with E-state index in [0.29, 0.717) is 18.8 Å². The topological polar surface area (TPSA) is 88.6 Å². The first-order chi connectivity index (χ1) is 14.8. The van der Waals surface area contributed by atoms with Gasteiger partial charge in [-0.25, -0.2) is 13.4 Å². The highest BCUT2D eigenvalue weighted by atomic mass is 32.2. The van der Waals surface area contributed by atoms with Gasteiger partial charge in [0.1, 0.15) is 10.6 Å². The average Bonchev–Trinajstić information content (AvgIpc) is 3.20. The molecule has 0 radical (unpaired) electrons. The lowest BCUT2D eigenvalue weighted by Crippen LogP contribution is -2.31. The molecule has 9 heteroatoms. The molecule has 0 aliphatic heterocycles. The Hall–Kier alpha value is -2.75. The first-order valence-electron chi connectivity index (χ1n) is 9.82. The van der Waals surface area contributed by atoms with Gasteiger partial charge in [-0.3, -0.25) is 4.79 Å². The van der Waals surface area contributed by atoms with E-state index in [9.17, 15) is 13.2 Å². The van der Waals surface area contributed by atoms with Gasteiger partial charge in [-0.2, -0.15) is 4.31 Å². The fraction of sp³-hybridized carbons (Fsp3) is 0.273. The third-order valence-corrected chi connectivity index (χ3v) is 7.63. The maximum atomic E-state index is 13.0. The summed E-state index contributed by atoms with van der Waals surface area (Å²) in [5, 5.41) is 5.76. The van der Waals surface area contributed by atoms with Gasteiger partial charge in [0.15, 0.2) is 0 Å². The second-order valence-electron chi connectivity index (χ2n) is 6.74. The van der Waals surface area contributed by atoms with Crippen molar-refractivity contribution in [2.75, 3.05) is 25.5 Å². The molecule has 31 heavy (non-hydrogen) atoms. The highest BCUT2D eigenvalue weighted by Crippen LogP contribution is 2.29. The molecule has 1 N–H and O–H groups in total. The first-order valence-corrected chi connectivity index (χ1v) is 12.1. The van der Waals surface area contributed by atoms with Gasteiger partial charge < -0.3 is 10.1 Å². The standard InChI is InChI=1S/C22H25N3O4S2/c1-5-25(6-2)31(27,28)21-13-17(10-11-20(21)29-4)22(26)24-18-9-7-8-16(12-18)19-14-30-15(3)23-19/h7-14H,5-6H2,1-4H3,(H,24,26). The van der Waals surface area contributed by atoms with Crippen LogP contribution < -0.4 is 10.1 Å². The van der Waals surface area contributed by atoms with Gasteiger partial charge in [0.2, 0.25) is 10.0 Å². The van der Waals surface area contributed by atoms with Crippen molar-refractivity contribution in [1.82, 2.24) is 9.29 Å². The molecule has 0 aliphatic carbocycles. The highest BCUT2D eigenvalue weighted by Gasteiger charge is 2.26. The van der Waals surface area contributed by atoms with Crippen LogP contribution in [0.25, 0.3) is 11.3 Å². The molecule has 0 saturated carbocycles. The summed E-state index contributed by atoms with van der Waals surface area (Å²) in [6, 6.07) is 11.8. The Balaban J connectivity index is 1.91. The first kappa shape index (κ1) is 22.9. The number of ether oxygens (including phenoxy) is 1. The molecule has 0 bridgehead atoms. The molecule has 164 valence electrons. The van der Waals surface area contributed by atoms with Crippen LogP contribution >= 0.6 is 11.3 Å². The quantitative estimate of drug-likeness (QED) is 0.539. The Bertz CT molecular complexity index is 1180. The fourth-order valence-electron chi connectivity index (χ4n) is 3.18. The third kappa shape index (κ3) is 4.95. The number of carbonyl (C=O) groups excluding carboxylic acids is 1. The smallest absolute Gasteiger partial charge is 0.255 e. The number of aryl methyl sites for hydroxylation is 1. The van der Waals surface area contributed by atoms with E-state index in [0.717, 1.165) is 16.3 Å². The summed E-state index contributed by atoms with van der Waals surface area (Å²) in [5.74, 6) is -0.213. The van der Waals surface area contributed by atoms with E-state index in [4.69, 9.17) is 4.74 Å². The molecule has 0 atom stereocenters. The number of sulfonamides is 1. The maximum Gasteiger partial charge on any atom is 0.255 e. The molecule has 0 saturated heterocycles. The van der Waals surface area contributed by atoms with Crippen molar-refractivity contribution in [3.63, 3.8) is 0 Å². The summed E-state index contributed by atoms with van der Waals surface area (Å²) in [6.45, 7) is 6.11. The van der Waals surface area contributed by atoms with Gasteiger partial charge in [-0.05, 0) is 37.3 Å². The molecule has 0 unspecified atom stereocenters. The monoisotopic (exact) mass is 459 g/mol. The normalized spacial score (nSPS) is 11.5. The largest absolute Gasteiger partial charge is 0.495 e. The van der Waals surface area contributed by atoms with Crippen LogP contribution in [0, 0.1) is 6.92 Å². The van der Waals surface area contributed by atoms with Crippen LogP contribution in [0.5, 0.6) is 5.75 Å². The van der Waals surface area contributed by atoms with Gasteiger partial charge in [0.05, 0.1) is 17.8 Å². The van der Waals surface area contributed by atoms with Gasteiger partial charge in [0, 0.05) is 35.3 Å². The number of thiazole rings is 1. The van der Waals surface area contributed by atoms with Crippen LogP contribution in [0.4, 0.5) is 5.69 Å². The fourth-order valence-corrected chi connectivity index (χ4v) is 5.44. The minimum atomic E-state index is -3.79. The van der Waals surface area contributed by atoms with Crippen molar-refractivity contribution < 1.29 is 17.9 Å². The van der Waals surface area contributed by atoms with E-state index in [1.54, 1.807) is 37.3 Å². The molecule has 0 spiro atoms. The molecule has 0 aliphatic rings. The third-order valence-electron chi connectivity index (χ3n) is 4.78. The zero-order valence-corrected chi connectivity index (χ0v) is 19.5. The van der Waals surface area contributed by atoms with Gasteiger partial charge in [-0.1, -0.05) is 26.0 Å².